The summed E-state index contributed by atoms with van der Waals surface area (Å²) in [5.74, 6) is -0.129. The maximum atomic E-state index is 11.9. The van der Waals surface area contributed by atoms with Crippen LogP contribution in [0, 0.1) is 0 Å². The van der Waals surface area contributed by atoms with Gasteiger partial charge in [-0.3, -0.25) is 9.59 Å². The number of hydrogen-bond donors (Lipinski definition) is 2. The number of fused-ring (bicyclic) bond motifs is 1. The number of nitrogens with zero attached hydrogens (tertiary/aromatic N) is 1. The molecule has 9 nitrogen and oxygen atoms in total. The fraction of sp³-hybridized carbons (Fsp3) is 0.375. The van der Waals surface area contributed by atoms with E-state index in [4.69, 9.17) is 14.2 Å². The summed E-state index contributed by atoms with van der Waals surface area (Å²) in [6, 6.07) is 5.09. The highest BCUT2D eigenvalue weighted by molar-refractivity contribution is 6.37. The van der Waals surface area contributed by atoms with Crippen molar-refractivity contribution in [3.05, 3.63) is 23.8 Å². The van der Waals surface area contributed by atoms with Crippen LogP contribution >= 0.6 is 0 Å². The van der Waals surface area contributed by atoms with Crippen molar-refractivity contribution in [1.29, 1.82) is 0 Å². The van der Waals surface area contributed by atoms with Gasteiger partial charge in [-0.2, -0.15) is 5.10 Å². The van der Waals surface area contributed by atoms with Crippen LogP contribution in [-0.2, 0) is 19.1 Å². The molecule has 0 saturated heterocycles. The highest BCUT2D eigenvalue weighted by Crippen LogP contribution is 2.34. The van der Waals surface area contributed by atoms with Gasteiger partial charge in [0.1, 0.15) is 5.71 Å². The fourth-order valence-electron chi connectivity index (χ4n) is 2.38. The third-order valence-electron chi connectivity index (χ3n) is 3.75. The second-order valence-corrected chi connectivity index (χ2v) is 5.57. The minimum atomic E-state index is -0.717. The van der Waals surface area contributed by atoms with Crippen LogP contribution in [-0.4, -0.2) is 36.9 Å². The van der Waals surface area contributed by atoms with Crippen LogP contribution in [0.3, 0.4) is 0 Å². The smallest absolute Gasteiger partial charge is 0.355 e. The van der Waals surface area contributed by atoms with Gasteiger partial charge in [-0.05, 0) is 24.6 Å². The topological polar surface area (TPSA) is 115 Å². The zero-order valence-corrected chi connectivity index (χ0v) is 13.5. The lowest BCUT2D eigenvalue weighted by Gasteiger charge is -2.15. The van der Waals surface area contributed by atoms with Crippen molar-refractivity contribution >= 4 is 23.5 Å². The molecule has 25 heavy (non-hydrogen) atoms. The number of amides is 2. The molecule has 0 radical (unpaired) electrons. The largest absolute Gasteiger partial charge is 0.454 e. The molecule has 0 fully saturated rings. The minimum Gasteiger partial charge on any atom is -0.454 e. The second-order valence-electron chi connectivity index (χ2n) is 5.57. The van der Waals surface area contributed by atoms with Crippen LogP contribution in [0.1, 0.15) is 31.4 Å². The summed E-state index contributed by atoms with van der Waals surface area (Å²) in [6.07, 6.45) is 0.362. The SMILES string of the molecule is C[C@H](NC(=O)COC(=O)C1=NNC(=O)CC1)c1ccc2c(c1)OCO2. The number of esters is 1. The van der Waals surface area contributed by atoms with E-state index in [1.165, 1.54) is 0 Å². The van der Waals surface area contributed by atoms with Gasteiger partial charge in [-0.25, -0.2) is 10.2 Å². The lowest BCUT2D eigenvalue weighted by atomic mass is 10.1. The first kappa shape index (κ1) is 16.7. The number of benzene rings is 1. The molecule has 1 aromatic carbocycles. The average Bonchev–Trinajstić information content (AvgIpc) is 3.08. The molecule has 2 aliphatic rings. The lowest BCUT2D eigenvalue weighted by Crippen LogP contribution is -2.34. The van der Waals surface area contributed by atoms with Gasteiger partial charge < -0.3 is 19.5 Å². The van der Waals surface area contributed by atoms with Gasteiger partial charge >= 0.3 is 5.97 Å². The first-order valence-corrected chi connectivity index (χ1v) is 7.74. The van der Waals surface area contributed by atoms with Crippen molar-refractivity contribution in [3.8, 4) is 11.5 Å². The molecule has 3 rings (SSSR count). The Bertz CT molecular complexity index is 745. The van der Waals surface area contributed by atoms with Crippen molar-refractivity contribution in [2.24, 2.45) is 5.10 Å². The number of rotatable bonds is 5. The highest BCUT2D eigenvalue weighted by Gasteiger charge is 2.21. The Kier molecular flexibility index (Phi) is 4.82. The van der Waals surface area contributed by atoms with E-state index in [0.29, 0.717) is 11.5 Å². The Balaban J connectivity index is 1.49. The molecule has 0 unspecified atom stereocenters. The van der Waals surface area contributed by atoms with E-state index >= 15 is 0 Å². The molecule has 1 atom stereocenters. The first-order valence-electron chi connectivity index (χ1n) is 7.74. The Morgan fingerprint density at radius 1 is 1.32 bits per heavy atom. The van der Waals surface area contributed by atoms with Gasteiger partial charge in [0.2, 0.25) is 12.7 Å². The summed E-state index contributed by atoms with van der Waals surface area (Å²) in [4.78, 5) is 34.7. The van der Waals surface area contributed by atoms with Crippen LogP contribution in [0.15, 0.2) is 23.3 Å². The molecule has 2 heterocycles. The molecule has 0 aliphatic carbocycles. The molecular formula is C16H17N3O6. The van der Waals surface area contributed by atoms with E-state index in [2.05, 4.69) is 15.8 Å². The molecule has 2 aliphatic heterocycles. The van der Waals surface area contributed by atoms with E-state index in [0.717, 1.165) is 5.56 Å². The normalized spacial score (nSPS) is 16.5. The van der Waals surface area contributed by atoms with Crippen molar-refractivity contribution < 1.29 is 28.6 Å². The summed E-state index contributed by atoms with van der Waals surface area (Å²) in [7, 11) is 0. The van der Waals surface area contributed by atoms with Crippen molar-refractivity contribution in [2.75, 3.05) is 13.4 Å². The van der Waals surface area contributed by atoms with E-state index in [9.17, 15) is 14.4 Å². The van der Waals surface area contributed by atoms with Gasteiger partial charge in [0, 0.05) is 12.8 Å². The van der Waals surface area contributed by atoms with Crippen molar-refractivity contribution in [3.63, 3.8) is 0 Å². The predicted molar refractivity (Wildman–Crippen MR) is 84.9 cm³/mol. The van der Waals surface area contributed by atoms with Gasteiger partial charge in [0.25, 0.3) is 5.91 Å². The van der Waals surface area contributed by atoms with E-state index in [-0.39, 0.29) is 37.3 Å². The Labute approximate surface area is 143 Å². The number of hydrazone groups is 1. The molecule has 2 N–H and O–H groups in total. The standard InChI is InChI=1S/C16H17N3O6/c1-9(10-2-4-12-13(6-10)25-8-24-12)17-15(21)7-23-16(22)11-3-5-14(20)19-18-11/h2,4,6,9H,3,5,7-8H2,1H3,(H,17,21)(H,19,20)/t9-/m0/s1. The van der Waals surface area contributed by atoms with E-state index in [1.807, 2.05) is 6.07 Å². The highest BCUT2D eigenvalue weighted by atomic mass is 16.7. The van der Waals surface area contributed by atoms with E-state index in [1.54, 1.807) is 19.1 Å². The lowest BCUT2D eigenvalue weighted by molar-refractivity contribution is -0.142. The minimum absolute atomic E-state index is 0.0937. The zero-order chi connectivity index (χ0) is 17.8. The first-order chi connectivity index (χ1) is 12.0. The van der Waals surface area contributed by atoms with Crippen molar-refractivity contribution in [1.82, 2.24) is 10.7 Å². The van der Waals surface area contributed by atoms with Crippen LogP contribution in [0.2, 0.25) is 0 Å². The Hall–Kier alpha value is -3.10. The molecule has 9 heteroatoms. The third kappa shape index (κ3) is 4.06. The molecule has 0 aromatic heterocycles. The van der Waals surface area contributed by atoms with Gasteiger partial charge in [-0.15, -0.1) is 0 Å². The summed E-state index contributed by atoms with van der Waals surface area (Å²) >= 11 is 0. The predicted octanol–water partition coefficient (Wildman–Crippen LogP) is 0.402. The molecule has 1 aromatic rings. The van der Waals surface area contributed by atoms with Crippen LogP contribution in [0.4, 0.5) is 0 Å². The Morgan fingerprint density at radius 3 is 2.88 bits per heavy atom. The second kappa shape index (κ2) is 7.20. The van der Waals surface area contributed by atoms with Crippen LogP contribution in [0.5, 0.6) is 11.5 Å². The average molecular weight is 347 g/mol. The monoisotopic (exact) mass is 347 g/mol. The van der Waals surface area contributed by atoms with Gasteiger partial charge in [0.15, 0.2) is 18.1 Å². The fourth-order valence-corrected chi connectivity index (χ4v) is 2.38. The molecule has 2 amide bonds. The summed E-state index contributed by atoms with van der Waals surface area (Å²) in [5.41, 5.74) is 3.13. The van der Waals surface area contributed by atoms with E-state index < -0.39 is 18.5 Å². The number of carbonyl (C=O) groups is 3. The summed E-state index contributed by atoms with van der Waals surface area (Å²) in [5, 5.41) is 6.35. The maximum absolute atomic E-state index is 11.9. The number of nitrogens with one attached hydrogen (secondary N) is 2. The Morgan fingerprint density at radius 2 is 2.12 bits per heavy atom. The number of ether oxygens (including phenoxy) is 3. The molecule has 0 spiro atoms. The number of carbonyl (C=O) groups excluding carboxylic acids is 3. The van der Waals surface area contributed by atoms with Gasteiger partial charge in [-0.1, -0.05) is 6.07 Å². The maximum Gasteiger partial charge on any atom is 0.355 e. The summed E-state index contributed by atoms with van der Waals surface area (Å²) in [6.45, 7) is 1.55. The quantitative estimate of drug-likeness (QED) is 0.745. The van der Waals surface area contributed by atoms with Crippen molar-refractivity contribution in [2.45, 2.75) is 25.8 Å². The third-order valence-corrected chi connectivity index (χ3v) is 3.75. The molecule has 132 valence electrons. The molecular weight excluding hydrogens is 330 g/mol. The van der Waals surface area contributed by atoms with Crippen LogP contribution in [0.25, 0.3) is 0 Å². The van der Waals surface area contributed by atoms with Crippen LogP contribution < -0.4 is 20.2 Å². The molecule has 0 bridgehead atoms. The number of hydrogen-bond acceptors (Lipinski definition) is 7. The summed E-state index contributed by atoms with van der Waals surface area (Å²) < 4.78 is 15.5. The molecule has 0 saturated carbocycles. The van der Waals surface area contributed by atoms with Gasteiger partial charge in [0.05, 0.1) is 6.04 Å². The zero-order valence-electron chi connectivity index (χ0n) is 13.5.